The highest BCUT2D eigenvalue weighted by molar-refractivity contribution is 6.25. The third kappa shape index (κ3) is 7.10. The zero-order valence-electron chi connectivity index (χ0n) is 40.5. The van der Waals surface area contributed by atoms with Gasteiger partial charge >= 0.3 is 0 Å². The summed E-state index contributed by atoms with van der Waals surface area (Å²) in [5.41, 5.74) is 14.0. The molecule has 0 saturated heterocycles. The standard InChI is InChI=1S/C69H48N4O/c1-3-15-43(16-4-1)67-70-68(50-31-35-64-61(41-50)58-27-11-12-28-63(58)73(64)52-21-5-2-6-22-52)72-69(71-67)51-30-34-59-62-40-49(32-36-65(62)74-66(59)42-51)47-20-14-18-45(38-47)44-17-13-19-46(37-44)48-29-33-57-55-25-8-7-23-53(55)54-24-9-10-26-56(54)60(57)39-48/h1-37,39-42,45,58,62-63,65H,38H2. The van der Waals surface area contributed by atoms with Crippen LogP contribution in [0.2, 0.25) is 0 Å². The minimum Gasteiger partial charge on any atom is -0.485 e. The van der Waals surface area contributed by atoms with Crippen molar-refractivity contribution >= 4 is 43.7 Å². The number of benzene rings is 9. The summed E-state index contributed by atoms with van der Waals surface area (Å²) in [6.07, 6.45) is 23.6. The van der Waals surface area contributed by atoms with Crippen LogP contribution < -0.4 is 9.64 Å². The van der Waals surface area contributed by atoms with Gasteiger partial charge < -0.3 is 9.64 Å². The molecule has 74 heavy (non-hydrogen) atoms. The second kappa shape index (κ2) is 17.2. The summed E-state index contributed by atoms with van der Waals surface area (Å²) in [6, 6.07) is 68.0. The Morgan fingerprint density at radius 2 is 1.08 bits per heavy atom. The second-order valence-corrected chi connectivity index (χ2v) is 20.1. The van der Waals surface area contributed by atoms with Gasteiger partial charge in [-0.1, -0.05) is 200 Å². The van der Waals surface area contributed by atoms with E-state index in [0.717, 1.165) is 28.9 Å². The molecule has 5 unspecified atom stereocenters. The van der Waals surface area contributed by atoms with E-state index in [9.17, 15) is 0 Å². The molecule has 5 aliphatic rings. The molecular weight excluding hydrogens is 901 g/mol. The van der Waals surface area contributed by atoms with Crippen LogP contribution in [0.1, 0.15) is 40.9 Å². The lowest BCUT2D eigenvalue weighted by Crippen LogP contribution is -2.28. The zero-order valence-corrected chi connectivity index (χ0v) is 40.5. The fourth-order valence-corrected chi connectivity index (χ4v) is 12.3. The van der Waals surface area contributed by atoms with E-state index in [1.807, 2.05) is 18.2 Å². The van der Waals surface area contributed by atoms with Crippen LogP contribution in [-0.2, 0) is 0 Å². The summed E-state index contributed by atoms with van der Waals surface area (Å²) in [5.74, 6) is 3.32. The molecule has 0 radical (unpaired) electrons. The second-order valence-electron chi connectivity index (χ2n) is 20.1. The number of ether oxygens (including phenoxy) is 1. The molecule has 0 spiro atoms. The summed E-state index contributed by atoms with van der Waals surface area (Å²) >= 11 is 0. The van der Waals surface area contributed by atoms with Crippen LogP contribution in [0.4, 0.5) is 11.4 Å². The number of allylic oxidation sites excluding steroid dienone is 8. The van der Waals surface area contributed by atoms with Crippen molar-refractivity contribution < 1.29 is 4.74 Å². The highest BCUT2D eigenvalue weighted by atomic mass is 16.5. The molecule has 3 heterocycles. The maximum absolute atomic E-state index is 6.75. The third-order valence-electron chi connectivity index (χ3n) is 15.9. The number of para-hydroxylation sites is 1. The van der Waals surface area contributed by atoms with Crippen LogP contribution >= 0.6 is 0 Å². The molecule has 0 fully saturated rings. The van der Waals surface area contributed by atoms with E-state index in [4.69, 9.17) is 19.7 Å². The van der Waals surface area contributed by atoms with Crippen molar-refractivity contribution in [1.82, 2.24) is 15.0 Å². The number of fused-ring (bicyclic) bond motifs is 12. The van der Waals surface area contributed by atoms with E-state index in [2.05, 4.69) is 236 Å². The molecule has 350 valence electrons. The van der Waals surface area contributed by atoms with Crippen LogP contribution in [0.3, 0.4) is 0 Å². The Kier molecular flexibility index (Phi) is 9.90. The van der Waals surface area contributed by atoms with E-state index < -0.39 is 0 Å². The maximum Gasteiger partial charge on any atom is 0.164 e. The number of hydrogen-bond donors (Lipinski definition) is 0. The summed E-state index contributed by atoms with van der Waals surface area (Å²) in [6.45, 7) is 0. The van der Waals surface area contributed by atoms with Gasteiger partial charge in [-0.15, -0.1) is 0 Å². The number of hydrogen-bond acceptors (Lipinski definition) is 5. The Balaban J connectivity index is 0.715. The van der Waals surface area contributed by atoms with Crippen molar-refractivity contribution in [2.24, 2.45) is 0 Å². The van der Waals surface area contributed by atoms with Gasteiger partial charge in [-0.25, -0.2) is 15.0 Å². The van der Waals surface area contributed by atoms with Gasteiger partial charge in [0.1, 0.15) is 11.9 Å². The number of anilines is 2. The molecule has 0 bridgehead atoms. The van der Waals surface area contributed by atoms with Crippen molar-refractivity contribution in [1.29, 1.82) is 0 Å². The SMILES string of the molecule is C1=CC(c2cccc(-c3ccc4c5ccccc5c5ccccc5c4c3)c2)CC(C2=CC3c4ccc(-c5nc(-c6ccccc6)nc(-c6ccc7c(c6)C6C=CC=CC6N7c6ccccc6)n5)cc4OC3C=C2)=C1. The lowest BCUT2D eigenvalue weighted by Gasteiger charge is -2.28. The molecule has 3 aliphatic carbocycles. The number of rotatable bonds is 7. The van der Waals surface area contributed by atoms with Gasteiger partial charge in [0.25, 0.3) is 0 Å². The average molecular weight is 949 g/mol. The van der Waals surface area contributed by atoms with Crippen LogP contribution in [0.25, 0.3) is 77.6 Å². The van der Waals surface area contributed by atoms with Gasteiger partial charge in [0.2, 0.25) is 0 Å². The molecule has 5 nitrogen and oxygen atoms in total. The summed E-state index contributed by atoms with van der Waals surface area (Å²) in [7, 11) is 0. The normalized spacial score (nSPS) is 20.0. The van der Waals surface area contributed by atoms with Gasteiger partial charge in [-0.2, -0.15) is 0 Å². The molecule has 0 amide bonds. The lowest BCUT2D eigenvalue weighted by molar-refractivity contribution is 0.268. The van der Waals surface area contributed by atoms with Crippen molar-refractivity contribution in [3.8, 4) is 51.0 Å². The minimum absolute atomic E-state index is 0.0866. The zero-order chi connectivity index (χ0) is 48.7. The van der Waals surface area contributed by atoms with E-state index in [0.29, 0.717) is 17.5 Å². The van der Waals surface area contributed by atoms with E-state index in [1.165, 1.54) is 82.7 Å². The third-order valence-corrected chi connectivity index (χ3v) is 15.9. The molecule has 2 aliphatic heterocycles. The molecular formula is C69H48N4O. The summed E-state index contributed by atoms with van der Waals surface area (Å²) in [5, 5.41) is 7.77. The molecule has 1 aromatic heterocycles. The van der Waals surface area contributed by atoms with Gasteiger partial charge in [-0.3, -0.25) is 0 Å². The summed E-state index contributed by atoms with van der Waals surface area (Å²) in [4.78, 5) is 17.9. The van der Waals surface area contributed by atoms with Crippen LogP contribution in [0.5, 0.6) is 5.75 Å². The minimum atomic E-state index is -0.0866. The predicted octanol–water partition coefficient (Wildman–Crippen LogP) is 16.7. The summed E-state index contributed by atoms with van der Waals surface area (Å²) < 4.78 is 6.75. The van der Waals surface area contributed by atoms with E-state index in [-0.39, 0.29) is 29.9 Å². The molecule has 0 N–H and O–H groups in total. The van der Waals surface area contributed by atoms with Crippen molar-refractivity contribution in [2.45, 2.75) is 36.3 Å². The molecule has 15 rings (SSSR count). The van der Waals surface area contributed by atoms with Gasteiger partial charge in [0, 0.05) is 51.4 Å². The molecule has 9 aromatic carbocycles. The highest BCUT2D eigenvalue weighted by Gasteiger charge is 2.38. The molecule has 0 saturated carbocycles. The van der Waals surface area contributed by atoms with Crippen molar-refractivity contribution in [2.75, 3.05) is 4.90 Å². The Morgan fingerprint density at radius 3 is 1.86 bits per heavy atom. The lowest BCUT2D eigenvalue weighted by atomic mass is 9.81. The van der Waals surface area contributed by atoms with E-state index in [1.54, 1.807) is 0 Å². The van der Waals surface area contributed by atoms with Gasteiger partial charge in [-0.05, 0) is 121 Å². The molecule has 10 aromatic rings. The fourth-order valence-electron chi connectivity index (χ4n) is 12.3. The van der Waals surface area contributed by atoms with Crippen LogP contribution in [0, 0.1) is 0 Å². The Bertz CT molecular complexity index is 4090. The first kappa shape index (κ1) is 42.5. The van der Waals surface area contributed by atoms with Crippen molar-refractivity contribution in [3.05, 3.63) is 277 Å². The number of nitrogens with zero attached hydrogens (tertiary/aromatic N) is 4. The quantitative estimate of drug-likeness (QED) is 0.149. The topological polar surface area (TPSA) is 51.1 Å². The monoisotopic (exact) mass is 948 g/mol. The molecule has 5 heteroatoms. The maximum atomic E-state index is 6.75. The predicted molar refractivity (Wildman–Crippen MR) is 303 cm³/mol. The van der Waals surface area contributed by atoms with Gasteiger partial charge in [0.15, 0.2) is 17.5 Å². The first-order valence-electron chi connectivity index (χ1n) is 25.8. The van der Waals surface area contributed by atoms with Crippen LogP contribution in [0.15, 0.2) is 260 Å². The average Bonchev–Trinajstić information content (AvgIpc) is 4.02. The Labute approximate surface area is 430 Å². The Hall–Kier alpha value is -9.19. The smallest absolute Gasteiger partial charge is 0.164 e. The number of aromatic nitrogens is 3. The van der Waals surface area contributed by atoms with Crippen LogP contribution in [-0.4, -0.2) is 27.1 Å². The van der Waals surface area contributed by atoms with E-state index >= 15 is 0 Å². The molecule has 5 atom stereocenters. The fraction of sp³-hybridized carbons (Fsp3) is 0.0870. The Morgan fingerprint density at radius 1 is 0.446 bits per heavy atom. The van der Waals surface area contributed by atoms with Gasteiger partial charge in [0.05, 0.1) is 6.04 Å². The van der Waals surface area contributed by atoms with Crippen molar-refractivity contribution in [3.63, 3.8) is 0 Å². The largest absolute Gasteiger partial charge is 0.485 e. The highest BCUT2D eigenvalue weighted by Crippen LogP contribution is 2.50. The first-order valence-corrected chi connectivity index (χ1v) is 25.8. The first-order chi connectivity index (χ1) is 36.6.